The van der Waals surface area contributed by atoms with E-state index in [2.05, 4.69) is 19.6 Å². The molecule has 0 atom stereocenters. The molecule has 1 rings (SSSR count). The normalized spacial score (nSPS) is 15.5. The van der Waals surface area contributed by atoms with Crippen LogP contribution >= 0.6 is 0 Å². The van der Waals surface area contributed by atoms with E-state index in [1.165, 1.54) is 0 Å². The average Bonchev–Trinajstić information content (AvgIpc) is 2.48. The molecule has 3 nitrogen and oxygen atoms in total. The Morgan fingerprint density at radius 2 is 2.23 bits per heavy atom. The fourth-order valence-corrected chi connectivity index (χ4v) is 2.09. The maximum Gasteiger partial charge on any atom is 0.120 e. The summed E-state index contributed by atoms with van der Waals surface area (Å²) in [6.45, 7) is 9.39. The molecule has 3 heteroatoms. The molecule has 0 aromatic carbocycles. The van der Waals surface area contributed by atoms with E-state index in [9.17, 15) is 0 Å². The molecule has 22 heavy (non-hydrogen) atoms. The van der Waals surface area contributed by atoms with Crippen molar-refractivity contribution in [1.82, 2.24) is 0 Å². The molecule has 0 saturated carbocycles. The van der Waals surface area contributed by atoms with E-state index in [1.54, 1.807) is 7.11 Å². The lowest BCUT2D eigenvalue weighted by atomic mass is 10.1. The van der Waals surface area contributed by atoms with Crippen LogP contribution in [0.3, 0.4) is 0 Å². The number of methoxy groups -OCH3 is 1. The number of rotatable bonds is 10. The molecule has 0 amide bonds. The summed E-state index contributed by atoms with van der Waals surface area (Å²) in [6, 6.07) is 0. The summed E-state index contributed by atoms with van der Waals surface area (Å²) in [6.07, 6.45) is 13.9. The minimum Gasteiger partial charge on any atom is -0.494 e. The van der Waals surface area contributed by atoms with Crippen LogP contribution < -0.4 is 0 Å². The molecule has 0 fully saturated rings. The maximum atomic E-state index is 5.83. The van der Waals surface area contributed by atoms with E-state index < -0.39 is 0 Å². The number of ether oxygens (including phenoxy) is 3. The van der Waals surface area contributed by atoms with Crippen molar-refractivity contribution < 1.29 is 14.2 Å². The first-order valence-corrected chi connectivity index (χ1v) is 7.92. The second-order valence-electron chi connectivity index (χ2n) is 5.18. The molecule has 0 heterocycles. The van der Waals surface area contributed by atoms with Crippen molar-refractivity contribution in [1.29, 1.82) is 0 Å². The van der Waals surface area contributed by atoms with Gasteiger partial charge in [-0.25, -0.2) is 0 Å². The van der Waals surface area contributed by atoms with Crippen molar-refractivity contribution in [3.8, 4) is 0 Å². The Hall–Kier alpha value is -1.74. The van der Waals surface area contributed by atoms with Gasteiger partial charge in [0.1, 0.15) is 17.3 Å². The summed E-state index contributed by atoms with van der Waals surface area (Å²) >= 11 is 0. The summed E-state index contributed by atoms with van der Waals surface area (Å²) in [5.74, 6) is 2.41. The third-order valence-corrected chi connectivity index (χ3v) is 3.11. The van der Waals surface area contributed by atoms with Gasteiger partial charge in [0.15, 0.2) is 0 Å². The highest BCUT2D eigenvalue weighted by Crippen LogP contribution is 2.22. The third kappa shape index (κ3) is 7.32. The topological polar surface area (TPSA) is 27.7 Å². The van der Waals surface area contributed by atoms with Crippen LogP contribution in [-0.2, 0) is 14.2 Å². The molecule has 122 valence electrons. The van der Waals surface area contributed by atoms with E-state index >= 15 is 0 Å². The lowest BCUT2D eigenvalue weighted by molar-refractivity contribution is 0.210. The van der Waals surface area contributed by atoms with Crippen LogP contribution in [-0.4, -0.2) is 20.3 Å². The minimum absolute atomic E-state index is 0.539. The number of allylic oxidation sites excluding steroid dienone is 5. The van der Waals surface area contributed by atoms with Gasteiger partial charge in [-0.05, 0) is 37.5 Å². The first-order chi connectivity index (χ1) is 10.7. The Balaban J connectivity index is 2.59. The van der Waals surface area contributed by atoms with E-state index in [4.69, 9.17) is 14.2 Å². The first kappa shape index (κ1) is 18.3. The zero-order chi connectivity index (χ0) is 16.2. The summed E-state index contributed by atoms with van der Waals surface area (Å²) in [5.41, 5.74) is 1.03. The molecule has 0 bridgehead atoms. The van der Waals surface area contributed by atoms with E-state index in [1.807, 2.05) is 31.2 Å². The highest BCUT2D eigenvalue weighted by molar-refractivity contribution is 5.28. The highest BCUT2D eigenvalue weighted by Gasteiger charge is 2.09. The van der Waals surface area contributed by atoms with Crippen molar-refractivity contribution >= 4 is 0 Å². The van der Waals surface area contributed by atoms with Crippen molar-refractivity contribution in [3.63, 3.8) is 0 Å². The molecule has 1 aliphatic rings. The van der Waals surface area contributed by atoms with Gasteiger partial charge >= 0.3 is 0 Å². The van der Waals surface area contributed by atoms with Crippen molar-refractivity contribution in [2.45, 2.75) is 39.5 Å². The maximum absolute atomic E-state index is 5.83. The Morgan fingerprint density at radius 1 is 1.41 bits per heavy atom. The Kier molecular flexibility index (Phi) is 9.08. The van der Waals surface area contributed by atoms with Gasteiger partial charge in [-0.15, -0.1) is 0 Å². The summed E-state index contributed by atoms with van der Waals surface area (Å²) in [7, 11) is 1.68. The lowest BCUT2D eigenvalue weighted by Crippen LogP contribution is -2.01. The van der Waals surface area contributed by atoms with Gasteiger partial charge in [0.25, 0.3) is 0 Å². The second kappa shape index (κ2) is 10.9. The van der Waals surface area contributed by atoms with Crippen LogP contribution in [0, 0.1) is 0 Å². The molecular weight excluding hydrogens is 276 g/mol. The van der Waals surface area contributed by atoms with Crippen LogP contribution in [0.2, 0.25) is 0 Å². The Morgan fingerprint density at radius 3 is 2.91 bits per heavy atom. The van der Waals surface area contributed by atoms with E-state index in [-0.39, 0.29) is 0 Å². The van der Waals surface area contributed by atoms with Crippen LogP contribution in [0.5, 0.6) is 0 Å². The van der Waals surface area contributed by atoms with Crippen molar-refractivity contribution in [2.24, 2.45) is 0 Å². The molecule has 1 aliphatic carbocycles. The van der Waals surface area contributed by atoms with Crippen LogP contribution in [0.25, 0.3) is 0 Å². The van der Waals surface area contributed by atoms with Gasteiger partial charge in [0.05, 0.1) is 13.2 Å². The fraction of sp³-hybridized carbons (Fsp3) is 0.474. The summed E-state index contributed by atoms with van der Waals surface area (Å²) in [5, 5.41) is 0. The van der Waals surface area contributed by atoms with Gasteiger partial charge in [-0.3, -0.25) is 0 Å². The van der Waals surface area contributed by atoms with Crippen LogP contribution in [0.4, 0.5) is 0 Å². The van der Waals surface area contributed by atoms with Crippen molar-refractivity contribution in [2.75, 3.05) is 20.3 Å². The summed E-state index contributed by atoms with van der Waals surface area (Å²) in [4.78, 5) is 0. The van der Waals surface area contributed by atoms with Gasteiger partial charge in [0, 0.05) is 19.6 Å². The van der Waals surface area contributed by atoms with E-state index in [0.29, 0.717) is 12.4 Å². The van der Waals surface area contributed by atoms with Crippen molar-refractivity contribution in [3.05, 3.63) is 59.8 Å². The van der Waals surface area contributed by atoms with Gasteiger partial charge in [-0.1, -0.05) is 32.1 Å². The second-order valence-corrected chi connectivity index (χ2v) is 5.18. The standard InChI is InChI=1S/C19H28O3/c1-5-7-12-21-18-10-8-11-19(14-18)22-16(3)13-17(9-6-2)15-20-4/h6,9-10,13-14H,3,5,7-8,11-12,15H2,1-2,4H3/b9-6-,17-13+. The monoisotopic (exact) mass is 304 g/mol. The molecule has 0 saturated heterocycles. The molecule has 0 aliphatic heterocycles. The predicted molar refractivity (Wildman–Crippen MR) is 91.3 cm³/mol. The predicted octanol–water partition coefficient (Wildman–Crippen LogP) is 5.04. The van der Waals surface area contributed by atoms with E-state index in [0.717, 1.165) is 49.4 Å². The van der Waals surface area contributed by atoms with Gasteiger partial charge in [0.2, 0.25) is 0 Å². The minimum atomic E-state index is 0.539. The first-order valence-electron chi connectivity index (χ1n) is 7.92. The molecule has 0 unspecified atom stereocenters. The number of hydrogen-bond acceptors (Lipinski definition) is 3. The molecule has 0 spiro atoms. The molecule has 0 N–H and O–H groups in total. The van der Waals surface area contributed by atoms with Crippen LogP contribution in [0.15, 0.2) is 59.8 Å². The fourth-order valence-electron chi connectivity index (χ4n) is 2.09. The molecular formula is C19H28O3. The summed E-state index contributed by atoms with van der Waals surface area (Å²) < 4.78 is 16.7. The Labute approximate surface area is 134 Å². The third-order valence-electron chi connectivity index (χ3n) is 3.11. The smallest absolute Gasteiger partial charge is 0.120 e. The largest absolute Gasteiger partial charge is 0.494 e. The zero-order valence-corrected chi connectivity index (χ0v) is 14.1. The highest BCUT2D eigenvalue weighted by atomic mass is 16.5. The van der Waals surface area contributed by atoms with Gasteiger partial charge in [-0.2, -0.15) is 0 Å². The molecule has 0 radical (unpaired) electrons. The Bertz CT molecular complexity index is 467. The quantitative estimate of drug-likeness (QED) is 0.321. The lowest BCUT2D eigenvalue weighted by Gasteiger charge is -2.16. The molecule has 0 aromatic heterocycles. The zero-order valence-electron chi connectivity index (χ0n) is 14.1. The number of hydrogen-bond donors (Lipinski definition) is 0. The molecule has 0 aromatic rings. The SMILES string of the molecule is C=C(/C=C(\C=C/C)COC)OC1=CC(OCCCC)=CCC1. The van der Waals surface area contributed by atoms with Crippen LogP contribution in [0.1, 0.15) is 39.5 Å². The number of unbranched alkanes of at least 4 members (excludes halogenated alkanes) is 1. The van der Waals surface area contributed by atoms with Gasteiger partial charge < -0.3 is 14.2 Å². The average molecular weight is 304 g/mol.